The fourth-order valence-corrected chi connectivity index (χ4v) is 1.42. The largest absolute Gasteiger partial charge is 0.327 e. The van der Waals surface area contributed by atoms with Crippen molar-refractivity contribution in [1.29, 1.82) is 0 Å². The highest BCUT2D eigenvalue weighted by Crippen LogP contribution is 2.14. The van der Waals surface area contributed by atoms with E-state index in [1.54, 1.807) is 0 Å². The summed E-state index contributed by atoms with van der Waals surface area (Å²) in [5, 5.41) is 1.91. The van der Waals surface area contributed by atoms with Crippen LogP contribution in [0.15, 0.2) is 16.6 Å². The second-order valence-corrected chi connectivity index (χ2v) is 4.84. The number of rotatable bonds is 0. The molecule has 0 N–H and O–H groups in total. The fraction of sp³-hybridized carbons (Fsp3) is 0.556. The molecule has 0 atom stereocenters. The second-order valence-electron chi connectivity index (χ2n) is 3.96. The molecule has 0 radical (unpaired) electrons. The molecule has 13 heavy (non-hydrogen) atoms. The lowest BCUT2D eigenvalue weighted by Gasteiger charge is -2.11. The molecule has 0 fully saturated rings. The van der Waals surface area contributed by atoms with Crippen molar-refractivity contribution in [2.75, 3.05) is 0 Å². The topological polar surface area (TPSA) is 34.4 Å². The highest BCUT2D eigenvalue weighted by atomic mass is 32.1. The highest BCUT2D eigenvalue weighted by Gasteiger charge is 2.20. The highest BCUT2D eigenvalue weighted by molar-refractivity contribution is 7.07. The van der Waals surface area contributed by atoms with Crippen LogP contribution in [0.5, 0.6) is 0 Å². The number of nitrogens with zero attached hydrogens (tertiary/aromatic N) is 2. The number of carbonyl (C=O) groups excluding carboxylic acids is 1. The summed E-state index contributed by atoms with van der Waals surface area (Å²) in [5.41, 5.74) is -0.392. The zero-order valence-electron chi connectivity index (χ0n) is 8.37. The Morgan fingerprint density at radius 2 is 2.15 bits per heavy atom. The predicted molar refractivity (Wildman–Crippen MR) is 53.3 cm³/mol. The third-order valence-corrected chi connectivity index (χ3v) is 2.45. The van der Waals surface area contributed by atoms with E-state index in [1.807, 2.05) is 44.0 Å². The van der Waals surface area contributed by atoms with Gasteiger partial charge in [-0.25, -0.2) is 0 Å². The quantitative estimate of drug-likeness (QED) is 0.623. The predicted octanol–water partition coefficient (Wildman–Crippen LogP) is 1.56. The molecule has 1 amide bonds. The van der Waals surface area contributed by atoms with Gasteiger partial charge in [-0.1, -0.05) is 20.8 Å². The van der Waals surface area contributed by atoms with Crippen molar-refractivity contribution >= 4 is 17.2 Å². The van der Waals surface area contributed by atoms with Gasteiger partial charge in [0.05, 0.1) is 0 Å². The SMILES string of the molecule is Cn1ccsc1=NC(=O)C(C)(C)C. The van der Waals surface area contributed by atoms with E-state index >= 15 is 0 Å². The normalized spacial score (nSPS) is 13.4. The molecule has 0 aliphatic heterocycles. The van der Waals surface area contributed by atoms with Crippen LogP contribution in [0.4, 0.5) is 0 Å². The monoisotopic (exact) mass is 198 g/mol. The lowest BCUT2D eigenvalue weighted by molar-refractivity contribution is -0.125. The van der Waals surface area contributed by atoms with Crippen LogP contribution in [-0.4, -0.2) is 10.5 Å². The van der Waals surface area contributed by atoms with Gasteiger partial charge in [0.25, 0.3) is 5.91 Å². The molecule has 3 nitrogen and oxygen atoms in total. The van der Waals surface area contributed by atoms with Gasteiger partial charge < -0.3 is 4.57 Å². The third-order valence-electron chi connectivity index (χ3n) is 1.60. The molecule has 0 aliphatic carbocycles. The van der Waals surface area contributed by atoms with E-state index in [0.29, 0.717) is 0 Å². The van der Waals surface area contributed by atoms with E-state index in [2.05, 4.69) is 4.99 Å². The molecule has 1 aromatic heterocycles. The van der Waals surface area contributed by atoms with E-state index in [4.69, 9.17) is 0 Å². The molecule has 0 unspecified atom stereocenters. The number of aromatic nitrogens is 1. The van der Waals surface area contributed by atoms with Gasteiger partial charge in [-0.05, 0) is 0 Å². The van der Waals surface area contributed by atoms with Gasteiger partial charge in [0.1, 0.15) is 0 Å². The average molecular weight is 198 g/mol. The minimum absolute atomic E-state index is 0.0782. The molecule has 72 valence electrons. The molecule has 0 aliphatic rings. The molecule has 0 bridgehead atoms. The summed E-state index contributed by atoms with van der Waals surface area (Å²) < 4.78 is 1.84. The Morgan fingerprint density at radius 1 is 1.54 bits per heavy atom. The first kappa shape index (κ1) is 10.2. The molecule has 1 aromatic rings. The van der Waals surface area contributed by atoms with Crippen LogP contribution in [0.2, 0.25) is 0 Å². The van der Waals surface area contributed by atoms with Crippen molar-refractivity contribution < 1.29 is 4.79 Å². The van der Waals surface area contributed by atoms with E-state index in [9.17, 15) is 4.79 Å². The Hall–Kier alpha value is -0.900. The van der Waals surface area contributed by atoms with Crippen molar-refractivity contribution in [1.82, 2.24) is 4.57 Å². The van der Waals surface area contributed by atoms with Gasteiger partial charge in [-0.3, -0.25) is 4.79 Å². The maximum atomic E-state index is 11.5. The summed E-state index contributed by atoms with van der Waals surface area (Å²) in [6, 6.07) is 0. The zero-order chi connectivity index (χ0) is 10.1. The summed E-state index contributed by atoms with van der Waals surface area (Å²) in [4.78, 5) is 16.3. The third kappa shape index (κ3) is 2.52. The fourth-order valence-electron chi connectivity index (χ4n) is 0.689. The van der Waals surface area contributed by atoms with Gasteiger partial charge in [0.2, 0.25) is 0 Å². The first-order valence-corrected chi connectivity index (χ1v) is 4.98. The van der Waals surface area contributed by atoms with Gasteiger partial charge in [-0.2, -0.15) is 4.99 Å². The van der Waals surface area contributed by atoms with Crippen LogP contribution in [-0.2, 0) is 11.8 Å². The Bertz CT molecular complexity index is 367. The first-order valence-electron chi connectivity index (χ1n) is 4.10. The van der Waals surface area contributed by atoms with Crippen LogP contribution in [0.3, 0.4) is 0 Å². The van der Waals surface area contributed by atoms with Crippen molar-refractivity contribution in [2.24, 2.45) is 17.5 Å². The van der Waals surface area contributed by atoms with Crippen molar-refractivity contribution in [2.45, 2.75) is 20.8 Å². The Morgan fingerprint density at radius 3 is 2.54 bits per heavy atom. The van der Waals surface area contributed by atoms with Crippen LogP contribution in [0.25, 0.3) is 0 Å². The first-order chi connectivity index (χ1) is 5.91. The standard InChI is InChI=1S/C9H14N2OS/c1-9(2,3)7(12)10-8-11(4)5-6-13-8/h5-6H,1-4H3. The van der Waals surface area contributed by atoms with E-state index in [-0.39, 0.29) is 5.91 Å². The summed E-state index contributed by atoms with van der Waals surface area (Å²) in [5.74, 6) is -0.0782. The Kier molecular flexibility index (Phi) is 2.71. The summed E-state index contributed by atoms with van der Waals surface area (Å²) >= 11 is 1.47. The molecular formula is C9H14N2OS. The van der Waals surface area contributed by atoms with Crippen molar-refractivity contribution in [3.63, 3.8) is 0 Å². The molecular weight excluding hydrogens is 184 g/mol. The molecule has 0 saturated heterocycles. The van der Waals surface area contributed by atoms with Crippen molar-refractivity contribution in [3.05, 3.63) is 16.4 Å². The van der Waals surface area contributed by atoms with Gasteiger partial charge in [0, 0.05) is 24.0 Å². The van der Waals surface area contributed by atoms with E-state index < -0.39 is 5.41 Å². The Labute approximate surface area is 81.7 Å². The van der Waals surface area contributed by atoms with Crippen molar-refractivity contribution in [3.8, 4) is 0 Å². The smallest absolute Gasteiger partial charge is 0.253 e. The summed E-state index contributed by atoms with van der Waals surface area (Å²) in [7, 11) is 1.88. The average Bonchev–Trinajstić information content (AvgIpc) is 2.34. The van der Waals surface area contributed by atoms with Crippen LogP contribution in [0.1, 0.15) is 20.8 Å². The lowest BCUT2D eigenvalue weighted by Crippen LogP contribution is -2.22. The maximum absolute atomic E-state index is 11.5. The minimum atomic E-state index is -0.392. The number of hydrogen-bond donors (Lipinski definition) is 0. The molecule has 4 heteroatoms. The number of thiazole rings is 1. The number of amides is 1. The lowest BCUT2D eigenvalue weighted by atomic mass is 9.96. The Balaban J connectivity index is 3.04. The molecule has 0 saturated carbocycles. The van der Waals surface area contributed by atoms with Gasteiger partial charge in [-0.15, -0.1) is 11.3 Å². The zero-order valence-corrected chi connectivity index (χ0v) is 9.18. The van der Waals surface area contributed by atoms with Gasteiger partial charge in [0.15, 0.2) is 4.80 Å². The molecule has 0 aromatic carbocycles. The van der Waals surface area contributed by atoms with Gasteiger partial charge >= 0.3 is 0 Å². The van der Waals surface area contributed by atoms with Crippen LogP contribution in [0, 0.1) is 5.41 Å². The molecule has 0 spiro atoms. The minimum Gasteiger partial charge on any atom is -0.327 e. The van der Waals surface area contributed by atoms with Crippen LogP contribution < -0.4 is 4.80 Å². The van der Waals surface area contributed by atoms with E-state index in [0.717, 1.165) is 4.80 Å². The number of carbonyl (C=O) groups is 1. The molecule has 1 heterocycles. The number of hydrogen-bond acceptors (Lipinski definition) is 2. The van der Waals surface area contributed by atoms with E-state index in [1.165, 1.54) is 11.3 Å². The summed E-state index contributed by atoms with van der Waals surface area (Å²) in [6.07, 6.45) is 1.89. The maximum Gasteiger partial charge on any atom is 0.253 e. The van der Waals surface area contributed by atoms with Crippen LogP contribution >= 0.6 is 11.3 Å². The number of aryl methyl sites for hydroxylation is 1. The molecule has 1 rings (SSSR count). The summed E-state index contributed by atoms with van der Waals surface area (Å²) in [6.45, 7) is 5.60. The second kappa shape index (κ2) is 3.46.